The molecule has 0 unspecified atom stereocenters. The van der Waals surface area contributed by atoms with Gasteiger partial charge in [-0.2, -0.15) is 0 Å². The summed E-state index contributed by atoms with van der Waals surface area (Å²) >= 11 is 0. The van der Waals surface area contributed by atoms with Crippen LogP contribution in [-0.2, 0) is 16.1 Å². The maximum Gasteiger partial charge on any atom is 0.247 e. The minimum Gasteiger partial charge on any atom is -0.354 e. The third kappa shape index (κ3) is 5.73. The molecular weight excluding hydrogens is 324 g/mol. The van der Waals surface area contributed by atoms with Crippen LogP contribution >= 0.6 is 0 Å². The molecule has 0 aromatic heterocycles. The van der Waals surface area contributed by atoms with Crippen molar-refractivity contribution in [2.45, 2.75) is 39.8 Å². The lowest BCUT2D eigenvalue weighted by molar-refractivity contribution is -0.140. The Morgan fingerprint density at radius 1 is 0.962 bits per heavy atom. The SMILES string of the molecule is CC(=O)N(Cc1ccccc1)[C@@H](C(=O)NCCC(C)C)c1ccccc1. The summed E-state index contributed by atoms with van der Waals surface area (Å²) in [6.07, 6.45) is 0.909. The van der Waals surface area contributed by atoms with Gasteiger partial charge in [0.15, 0.2) is 0 Å². The Morgan fingerprint density at radius 2 is 1.54 bits per heavy atom. The molecule has 0 bridgehead atoms. The van der Waals surface area contributed by atoms with E-state index in [0.717, 1.165) is 17.5 Å². The van der Waals surface area contributed by atoms with Crippen molar-refractivity contribution in [2.75, 3.05) is 6.54 Å². The Bertz CT molecular complexity index is 699. The Hall–Kier alpha value is -2.62. The van der Waals surface area contributed by atoms with Gasteiger partial charge in [-0.25, -0.2) is 0 Å². The Balaban J connectivity index is 2.27. The normalized spacial score (nSPS) is 11.8. The quantitative estimate of drug-likeness (QED) is 0.782. The van der Waals surface area contributed by atoms with E-state index in [-0.39, 0.29) is 11.8 Å². The molecule has 2 aromatic rings. The van der Waals surface area contributed by atoms with Gasteiger partial charge < -0.3 is 10.2 Å². The van der Waals surface area contributed by atoms with Gasteiger partial charge in [0.1, 0.15) is 6.04 Å². The molecule has 26 heavy (non-hydrogen) atoms. The second-order valence-corrected chi connectivity index (χ2v) is 6.92. The van der Waals surface area contributed by atoms with Gasteiger partial charge in [-0.1, -0.05) is 74.5 Å². The summed E-state index contributed by atoms with van der Waals surface area (Å²) in [5, 5.41) is 3.00. The molecule has 0 heterocycles. The second-order valence-electron chi connectivity index (χ2n) is 6.92. The van der Waals surface area contributed by atoms with Gasteiger partial charge in [-0.15, -0.1) is 0 Å². The highest BCUT2D eigenvalue weighted by molar-refractivity contribution is 5.88. The first kappa shape index (κ1) is 19.7. The monoisotopic (exact) mass is 352 g/mol. The summed E-state index contributed by atoms with van der Waals surface area (Å²) in [6, 6.07) is 18.6. The summed E-state index contributed by atoms with van der Waals surface area (Å²) in [4.78, 5) is 27.0. The van der Waals surface area contributed by atoms with Crippen molar-refractivity contribution in [1.29, 1.82) is 0 Å². The molecule has 0 aliphatic heterocycles. The predicted molar refractivity (Wildman–Crippen MR) is 104 cm³/mol. The molecule has 0 fully saturated rings. The van der Waals surface area contributed by atoms with Crippen LogP contribution in [-0.4, -0.2) is 23.3 Å². The largest absolute Gasteiger partial charge is 0.354 e. The van der Waals surface area contributed by atoms with E-state index < -0.39 is 6.04 Å². The van der Waals surface area contributed by atoms with E-state index in [1.54, 1.807) is 4.90 Å². The van der Waals surface area contributed by atoms with Crippen LogP contribution in [0.5, 0.6) is 0 Å². The Labute approximate surface area is 156 Å². The molecule has 0 saturated carbocycles. The Morgan fingerprint density at radius 3 is 2.08 bits per heavy atom. The number of nitrogens with one attached hydrogen (secondary N) is 1. The van der Waals surface area contributed by atoms with Gasteiger partial charge in [0, 0.05) is 20.0 Å². The molecule has 2 aromatic carbocycles. The maximum absolute atomic E-state index is 13.0. The highest BCUT2D eigenvalue weighted by atomic mass is 16.2. The molecule has 2 amide bonds. The summed E-state index contributed by atoms with van der Waals surface area (Å²) in [6.45, 7) is 6.76. The lowest BCUT2D eigenvalue weighted by atomic mass is 10.0. The fraction of sp³-hybridized carbons (Fsp3) is 0.364. The first-order valence-electron chi connectivity index (χ1n) is 9.13. The van der Waals surface area contributed by atoms with Gasteiger partial charge in [0.25, 0.3) is 0 Å². The van der Waals surface area contributed by atoms with E-state index >= 15 is 0 Å². The van der Waals surface area contributed by atoms with Crippen molar-refractivity contribution in [3.63, 3.8) is 0 Å². The van der Waals surface area contributed by atoms with E-state index in [9.17, 15) is 9.59 Å². The molecule has 0 aliphatic rings. The van der Waals surface area contributed by atoms with E-state index in [2.05, 4.69) is 19.2 Å². The highest BCUT2D eigenvalue weighted by Gasteiger charge is 2.29. The number of rotatable bonds is 8. The first-order valence-corrected chi connectivity index (χ1v) is 9.13. The lowest BCUT2D eigenvalue weighted by Gasteiger charge is -2.30. The van der Waals surface area contributed by atoms with Crippen molar-refractivity contribution < 1.29 is 9.59 Å². The lowest BCUT2D eigenvalue weighted by Crippen LogP contribution is -2.43. The number of nitrogens with zero attached hydrogens (tertiary/aromatic N) is 1. The molecule has 0 spiro atoms. The van der Waals surface area contributed by atoms with Crippen LogP contribution in [0.1, 0.15) is 44.4 Å². The third-order valence-corrected chi connectivity index (χ3v) is 4.30. The fourth-order valence-corrected chi connectivity index (χ4v) is 2.85. The van der Waals surface area contributed by atoms with Crippen LogP contribution in [0.15, 0.2) is 60.7 Å². The molecule has 138 valence electrons. The summed E-state index contributed by atoms with van der Waals surface area (Å²) in [5.41, 5.74) is 1.82. The zero-order valence-corrected chi connectivity index (χ0v) is 15.8. The minimum absolute atomic E-state index is 0.123. The molecule has 1 atom stereocenters. The van der Waals surface area contributed by atoms with Gasteiger partial charge in [-0.3, -0.25) is 9.59 Å². The number of benzene rings is 2. The molecule has 0 saturated heterocycles. The average molecular weight is 352 g/mol. The summed E-state index contributed by atoms with van der Waals surface area (Å²) in [5.74, 6) is 0.253. The number of carbonyl (C=O) groups is 2. The fourth-order valence-electron chi connectivity index (χ4n) is 2.85. The molecular formula is C22H28N2O2. The summed E-state index contributed by atoms with van der Waals surface area (Å²) < 4.78 is 0. The highest BCUT2D eigenvalue weighted by Crippen LogP contribution is 2.23. The second kappa shape index (κ2) is 9.76. The van der Waals surface area contributed by atoms with E-state index in [4.69, 9.17) is 0 Å². The minimum atomic E-state index is -0.638. The molecule has 1 N–H and O–H groups in total. The number of hydrogen-bond donors (Lipinski definition) is 1. The van der Waals surface area contributed by atoms with E-state index in [1.807, 2.05) is 60.7 Å². The average Bonchev–Trinajstić information content (AvgIpc) is 2.62. The van der Waals surface area contributed by atoms with E-state index in [1.165, 1.54) is 6.92 Å². The molecule has 0 radical (unpaired) electrons. The number of hydrogen-bond acceptors (Lipinski definition) is 2. The van der Waals surface area contributed by atoms with Crippen LogP contribution in [0.4, 0.5) is 0 Å². The zero-order valence-electron chi connectivity index (χ0n) is 15.8. The van der Waals surface area contributed by atoms with Gasteiger partial charge >= 0.3 is 0 Å². The molecule has 2 rings (SSSR count). The van der Waals surface area contributed by atoms with Crippen LogP contribution in [0.2, 0.25) is 0 Å². The van der Waals surface area contributed by atoms with Crippen LogP contribution in [0, 0.1) is 5.92 Å². The third-order valence-electron chi connectivity index (χ3n) is 4.30. The molecule has 0 aliphatic carbocycles. The van der Waals surface area contributed by atoms with Crippen LogP contribution in [0.3, 0.4) is 0 Å². The molecule has 4 heteroatoms. The standard InChI is InChI=1S/C22H28N2O2/c1-17(2)14-15-23-22(26)21(20-12-8-5-9-13-20)24(18(3)25)16-19-10-6-4-7-11-19/h4-13,17,21H,14-16H2,1-3H3,(H,23,26)/t21-/m1/s1. The van der Waals surface area contributed by atoms with Crippen LogP contribution in [0.25, 0.3) is 0 Å². The van der Waals surface area contributed by atoms with Crippen molar-refractivity contribution in [1.82, 2.24) is 10.2 Å². The number of carbonyl (C=O) groups excluding carboxylic acids is 2. The van der Waals surface area contributed by atoms with Crippen molar-refractivity contribution in [3.8, 4) is 0 Å². The van der Waals surface area contributed by atoms with Gasteiger partial charge in [-0.05, 0) is 23.5 Å². The predicted octanol–water partition coefficient (Wildman–Crippen LogP) is 3.94. The smallest absolute Gasteiger partial charge is 0.247 e. The van der Waals surface area contributed by atoms with Gasteiger partial charge in [0.2, 0.25) is 11.8 Å². The van der Waals surface area contributed by atoms with Crippen molar-refractivity contribution in [2.24, 2.45) is 5.92 Å². The van der Waals surface area contributed by atoms with Crippen LogP contribution < -0.4 is 5.32 Å². The topological polar surface area (TPSA) is 49.4 Å². The summed E-state index contributed by atoms with van der Waals surface area (Å²) in [7, 11) is 0. The van der Waals surface area contributed by atoms with Crippen molar-refractivity contribution >= 4 is 11.8 Å². The number of amides is 2. The van der Waals surface area contributed by atoms with Gasteiger partial charge in [0.05, 0.1) is 0 Å². The van der Waals surface area contributed by atoms with Crippen molar-refractivity contribution in [3.05, 3.63) is 71.8 Å². The maximum atomic E-state index is 13.0. The first-order chi connectivity index (χ1) is 12.5. The van der Waals surface area contributed by atoms with E-state index in [0.29, 0.717) is 19.0 Å². The molecule has 4 nitrogen and oxygen atoms in total. The zero-order chi connectivity index (χ0) is 18.9. The Kier molecular flexibility index (Phi) is 7.39.